The Balaban J connectivity index is 2.73. The molecule has 0 aliphatic rings. The van der Waals surface area contributed by atoms with Gasteiger partial charge in [-0.2, -0.15) is 0 Å². The van der Waals surface area contributed by atoms with Crippen molar-refractivity contribution in [3.8, 4) is 0 Å². The molecule has 2 atom stereocenters. The van der Waals surface area contributed by atoms with Crippen molar-refractivity contribution in [2.45, 2.75) is 26.0 Å². The third kappa shape index (κ3) is 2.46. The molecule has 0 spiro atoms. The Bertz CT molecular complexity index is 246. The van der Waals surface area contributed by atoms with Gasteiger partial charge in [0.15, 0.2) is 0 Å². The van der Waals surface area contributed by atoms with Crippen molar-refractivity contribution in [2.75, 3.05) is 11.9 Å². The highest BCUT2D eigenvalue weighted by Gasteiger charge is 2.14. The van der Waals surface area contributed by atoms with Gasteiger partial charge in [-0.15, -0.1) is 0 Å². The highest BCUT2D eigenvalue weighted by Crippen LogP contribution is 2.15. The van der Waals surface area contributed by atoms with Gasteiger partial charge in [0, 0.05) is 12.7 Å². The molecule has 0 heterocycles. The molecule has 1 rings (SSSR count). The standard InChI is InChI=1S/C11H17NO/c1-9(10(2)13)12(3)11-7-5-4-6-8-11/h4-10,13H,1-3H3/t9-,10+/m0/s1. The number of likely N-dealkylation sites (N-methyl/N-ethyl adjacent to an activating group) is 1. The first kappa shape index (κ1) is 10.1. The van der Waals surface area contributed by atoms with Gasteiger partial charge in [-0.1, -0.05) is 18.2 Å². The molecule has 1 aromatic carbocycles. The topological polar surface area (TPSA) is 23.5 Å². The Hall–Kier alpha value is -1.02. The smallest absolute Gasteiger partial charge is 0.0712 e. The fraction of sp³-hybridized carbons (Fsp3) is 0.455. The van der Waals surface area contributed by atoms with E-state index in [0.717, 1.165) is 5.69 Å². The number of rotatable bonds is 3. The molecular formula is C11H17NO. The van der Waals surface area contributed by atoms with Crippen LogP contribution >= 0.6 is 0 Å². The Morgan fingerprint density at radius 1 is 1.15 bits per heavy atom. The normalized spacial score (nSPS) is 15.1. The molecule has 13 heavy (non-hydrogen) atoms. The van der Waals surface area contributed by atoms with Crippen LogP contribution < -0.4 is 4.90 Å². The van der Waals surface area contributed by atoms with E-state index in [4.69, 9.17) is 0 Å². The largest absolute Gasteiger partial charge is 0.391 e. The Labute approximate surface area is 79.8 Å². The summed E-state index contributed by atoms with van der Waals surface area (Å²) in [5.41, 5.74) is 1.14. The predicted molar refractivity (Wildman–Crippen MR) is 56.0 cm³/mol. The number of anilines is 1. The number of aliphatic hydroxyl groups is 1. The molecule has 0 saturated carbocycles. The molecule has 0 aromatic heterocycles. The molecule has 0 saturated heterocycles. The lowest BCUT2D eigenvalue weighted by Gasteiger charge is -2.28. The summed E-state index contributed by atoms with van der Waals surface area (Å²) in [5, 5.41) is 9.41. The summed E-state index contributed by atoms with van der Waals surface area (Å²) in [4.78, 5) is 2.07. The maximum absolute atomic E-state index is 9.41. The predicted octanol–water partition coefficient (Wildman–Crippen LogP) is 1.89. The molecule has 0 bridgehead atoms. The lowest BCUT2D eigenvalue weighted by molar-refractivity contribution is 0.168. The van der Waals surface area contributed by atoms with Crippen molar-refractivity contribution in [3.63, 3.8) is 0 Å². The summed E-state index contributed by atoms with van der Waals surface area (Å²) in [5.74, 6) is 0. The van der Waals surface area contributed by atoms with Gasteiger partial charge in [0.25, 0.3) is 0 Å². The minimum absolute atomic E-state index is 0.141. The second-order valence-corrected chi connectivity index (χ2v) is 3.43. The van der Waals surface area contributed by atoms with E-state index in [1.54, 1.807) is 0 Å². The zero-order valence-electron chi connectivity index (χ0n) is 8.44. The second-order valence-electron chi connectivity index (χ2n) is 3.43. The fourth-order valence-corrected chi connectivity index (χ4v) is 1.22. The molecule has 0 unspecified atom stereocenters. The average Bonchev–Trinajstić information content (AvgIpc) is 2.17. The monoisotopic (exact) mass is 179 g/mol. The fourth-order valence-electron chi connectivity index (χ4n) is 1.22. The number of nitrogens with zero attached hydrogens (tertiary/aromatic N) is 1. The second kappa shape index (κ2) is 4.28. The van der Waals surface area contributed by atoms with E-state index in [1.807, 2.05) is 51.2 Å². The number of para-hydroxylation sites is 1. The van der Waals surface area contributed by atoms with E-state index >= 15 is 0 Å². The van der Waals surface area contributed by atoms with Gasteiger partial charge >= 0.3 is 0 Å². The minimum Gasteiger partial charge on any atom is -0.391 e. The average molecular weight is 179 g/mol. The lowest BCUT2D eigenvalue weighted by Crippen LogP contribution is -2.37. The number of benzene rings is 1. The van der Waals surface area contributed by atoms with E-state index in [0.29, 0.717) is 0 Å². The molecular weight excluding hydrogens is 162 g/mol. The first-order chi connectivity index (χ1) is 6.13. The van der Waals surface area contributed by atoms with Crippen molar-refractivity contribution in [1.82, 2.24) is 0 Å². The van der Waals surface area contributed by atoms with Crippen LogP contribution in [-0.2, 0) is 0 Å². The van der Waals surface area contributed by atoms with Gasteiger partial charge in [0.2, 0.25) is 0 Å². The highest BCUT2D eigenvalue weighted by atomic mass is 16.3. The first-order valence-electron chi connectivity index (χ1n) is 4.59. The summed E-state index contributed by atoms with van der Waals surface area (Å²) in [6, 6.07) is 10.2. The molecule has 0 aliphatic heterocycles. The van der Waals surface area contributed by atoms with E-state index in [2.05, 4.69) is 4.90 Å². The first-order valence-corrected chi connectivity index (χ1v) is 4.59. The van der Waals surface area contributed by atoms with E-state index in [9.17, 15) is 5.11 Å². The number of aliphatic hydroxyl groups excluding tert-OH is 1. The Kier molecular flexibility index (Phi) is 3.32. The number of hydrogen-bond acceptors (Lipinski definition) is 2. The highest BCUT2D eigenvalue weighted by molar-refractivity contribution is 5.46. The molecule has 2 nitrogen and oxygen atoms in total. The maximum atomic E-state index is 9.41. The summed E-state index contributed by atoms with van der Waals surface area (Å²) in [6.45, 7) is 3.82. The van der Waals surface area contributed by atoms with Crippen molar-refractivity contribution in [1.29, 1.82) is 0 Å². The van der Waals surface area contributed by atoms with Crippen LogP contribution in [0.2, 0.25) is 0 Å². The van der Waals surface area contributed by atoms with Crippen LogP contribution in [0.3, 0.4) is 0 Å². The van der Waals surface area contributed by atoms with Crippen LogP contribution in [-0.4, -0.2) is 24.3 Å². The van der Waals surface area contributed by atoms with Crippen LogP contribution in [0, 0.1) is 0 Å². The zero-order valence-corrected chi connectivity index (χ0v) is 8.44. The van der Waals surface area contributed by atoms with Crippen molar-refractivity contribution in [2.24, 2.45) is 0 Å². The van der Waals surface area contributed by atoms with Gasteiger partial charge in [-0.05, 0) is 26.0 Å². The summed E-state index contributed by atoms with van der Waals surface area (Å²) in [7, 11) is 1.99. The quantitative estimate of drug-likeness (QED) is 0.766. The molecule has 0 aliphatic carbocycles. The molecule has 0 amide bonds. The van der Waals surface area contributed by atoms with Gasteiger partial charge in [-0.25, -0.2) is 0 Å². The zero-order chi connectivity index (χ0) is 9.84. The van der Waals surface area contributed by atoms with E-state index in [-0.39, 0.29) is 12.1 Å². The molecule has 2 heteroatoms. The van der Waals surface area contributed by atoms with E-state index in [1.165, 1.54) is 0 Å². The number of hydrogen-bond donors (Lipinski definition) is 1. The minimum atomic E-state index is -0.315. The molecule has 0 fully saturated rings. The Morgan fingerprint density at radius 3 is 2.15 bits per heavy atom. The third-order valence-electron chi connectivity index (χ3n) is 2.47. The third-order valence-corrected chi connectivity index (χ3v) is 2.47. The SMILES string of the molecule is C[C@@H](O)[C@H](C)N(C)c1ccccc1. The summed E-state index contributed by atoms with van der Waals surface area (Å²) in [6.07, 6.45) is -0.315. The van der Waals surface area contributed by atoms with Crippen LogP contribution in [0.25, 0.3) is 0 Å². The van der Waals surface area contributed by atoms with Crippen molar-refractivity contribution < 1.29 is 5.11 Å². The van der Waals surface area contributed by atoms with Gasteiger partial charge in [0.1, 0.15) is 0 Å². The summed E-state index contributed by atoms with van der Waals surface area (Å²) < 4.78 is 0. The molecule has 1 aromatic rings. The Morgan fingerprint density at radius 2 is 1.69 bits per heavy atom. The maximum Gasteiger partial charge on any atom is 0.0712 e. The van der Waals surface area contributed by atoms with Crippen molar-refractivity contribution in [3.05, 3.63) is 30.3 Å². The summed E-state index contributed by atoms with van der Waals surface area (Å²) >= 11 is 0. The van der Waals surface area contributed by atoms with Gasteiger partial charge < -0.3 is 10.0 Å². The molecule has 1 N–H and O–H groups in total. The van der Waals surface area contributed by atoms with Crippen molar-refractivity contribution >= 4 is 5.69 Å². The molecule has 0 radical (unpaired) electrons. The van der Waals surface area contributed by atoms with Crippen LogP contribution in [0.15, 0.2) is 30.3 Å². The van der Waals surface area contributed by atoms with Crippen LogP contribution in [0.1, 0.15) is 13.8 Å². The van der Waals surface area contributed by atoms with Crippen LogP contribution in [0.4, 0.5) is 5.69 Å². The van der Waals surface area contributed by atoms with Crippen LogP contribution in [0.5, 0.6) is 0 Å². The van der Waals surface area contributed by atoms with Gasteiger partial charge in [0.05, 0.1) is 12.1 Å². The lowest BCUT2D eigenvalue weighted by atomic mass is 10.1. The molecule has 72 valence electrons. The van der Waals surface area contributed by atoms with Gasteiger partial charge in [-0.3, -0.25) is 0 Å². The van der Waals surface area contributed by atoms with E-state index < -0.39 is 0 Å².